The Morgan fingerprint density at radius 2 is 2.38 bits per heavy atom. The number of hydrogen-bond acceptors (Lipinski definition) is 3. The van der Waals surface area contributed by atoms with Crippen molar-refractivity contribution in [2.75, 3.05) is 7.11 Å². The number of H-pyrrole nitrogens is 1. The molecule has 84 valence electrons. The molecule has 16 heavy (non-hydrogen) atoms. The van der Waals surface area contributed by atoms with Crippen LogP contribution in [0.25, 0.3) is 5.65 Å². The molecule has 1 aliphatic carbocycles. The maximum atomic E-state index is 11.8. The molecule has 0 unspecified atom stereocenters. The Balaban J connectivity index is 2.13. The van der Waals surface area contributed by atoms with E-state index in [2.05, 4.69) is 10.1 Å². The number of nitrogens with zero attached hydrogens (tertiary/aromatic N) is 2. The Kier molecular flexibility index (Phi) is 2.07. The first-order valence-electron chi connectivity index (χ1n) is 5.38. The first-order valence-corrected chi connectivity index (χ1v) is 5.38. The average Bonchev–Trinajstić information content (AvgIpc) is 3.01. The second kappa shape index (κ2) is 3.45. The van der Waals surface area contributed by atoms with Gasteiger partial charge in [-0.3, -0.25) is 9.89 Å². The van der Waals surface area contributed by atoms with Crippen molar-refractivity contribution in [1.82, 2.24) is 14.6 Å². The van der Waals surface area contributed by atoms with Gasteiger partial charge in [-0.1, -0.05) is 0 Å². The van der Waals surface area contributed by atoms with Crippen molar-refractivity contribution in [3.05, 3.63) is 33.9 Å². The van der Waals surface area contributed by atoms with Crippen LogP contribution in [0.15, 0.2) is 16.9 Å². The van der Waals surface area contributed by atoms with Crippen molar-refractivity contribution in [2.24, 2.45) is 0 Å². The fourth-order valence-corrected chi connectivity index (χ4v) is 1.92. The molecule has 2 heterocycles. The van der Waals surface area contributed by atoms with Crippen LogP contribution >= 0.6 is 0 Å². The van der Waals surface area contributed by atoms with Gasteiger partial charge in [0.2, 0.25) is 0 Å². The smallest absolute Gasteiger partial charge is 0.271 e. The van der Waals surface area contributed by atoms with E-state index >= 15 is 0 Å². The second-order valence-corrected chi connectivity index (χ2v) is 4.20. The minimum Gasteiger partial charge on any atom is -0.377 e. The molecule has 5 nitrogen and oxygen atoms in total. The predicted octanol–water partition coefficient (Wildman–Crippen LogP) is 1.05. The molecule has 1 fully saturated rings. The number of pyridine rings is 1. The van der Waals surface area contributed by atoms with Crippen LogP contribution in [0.1, 0.15) is 30.1 Å². The highest BCUT2D eigenvalue weighted by Gasteiger charge is 2.24. The van der Waals surface area contributed by atoms with Crippen LogP contribution in [0.4, 0.5) is 0 Å². The summed E-state index contributed by atoms with van der Waals surface area (Å²) >= 11 is 0. The summed E-state index contributed by atoms with van der Waals surface area (Å²) in [5, 5.41) is 2.92. The van der Waals surface area contributed by atoms with Crippen LogP contribution in [0, 0.1) is 0 Å². The molecule has 0 amide bonds. The molecule has 0 bridgehead atoms. The monoisotopic (exact) mass is 219 g/mol. The summed E-state index contributed by atoms with van der Waals surface area (Å²) < 4.78 is 6.44. The number of aromatic nitrogens is 3. The molecule has 0 aromatic carbocycles. The normalized spacial score (nSPS) is 15.8. The van der Waals surface area contributed by atoms with Crippen LogP contribution in [-0.2, 0) is 11.3 Å². The first kappa shape index (κ1) is 9.59. The minimum atomic E-state index is -0.0470. The van der Waals surface area contributed by atoms with Crippen LogP contribution < -0.4 is 5.56 Å². The summed E-state index contributed by atoms with van der Waals surface area (Å²) in [4.78, 5) is 16.1. The molecular weight excluding hydrogens is 206 g/mol. The molecule has 1 aliphatic rings. The van der Waals surface area contributed by atoms with Crippen molar-refractivity contribution in [3.63, 3.8) is 0 Å². The topological polar surface area (TPSA) is 59.4 Å². The van der Waals surface area contributed by atoms with Gasteiger partial charge >= 0.3 is 0 Å². The fourth-order valence-electron chi connectivity index (χ4n) is 1.92. The highest BCUT2D eigenvalue weighted by molar-refractivity contribution is 5.42. The Labute approximate surface area is 92.1 Å². The zero-order chi connectivity index (χ0) is 11.1. The van der Waals surface area contributed by atoms with Gasteiger partial charge in [-0.2, -0.15) is 0 Å². The molecule has 2 aromatic rings. The molecule has 3 rings (SSSR count). The van der Waals surface area contributed by atoms with Crippen LogP contribution in [0.2, 0.25) is 0 Å². The Bertz CT molecular complexity index is 580. The van der Waals surface area contributed by atoms with E-state index in [1.807, 2.05) is 6.07 Å². The Hall–Kier alpha value is -1.62. The third-order valence-corrected chi connectivity index (χ3v) is 2.86. The van der Waals surface area contributed by atoms with E-state index in [9.17, 15) is 4.79 Å². The maximum Gasteiger partial charge on any atom is 0.271 e. The summed E-state index contributed by atoms with van der Waals surface area (Å²) in [7, 11) is 1.60. The summed E-state index contributed by atoms with van der Waals surface area (Å²) in [6.45, 7) is 0.389. The van der Waals surface area contributed by atoms with Gasteiger partial charge in [0.15, 0.2) is 5.65 Å². The van der Waals surface area contributed by atoms with E-state index in [1.165, 1.54) is 17.4 Å². The van der Waals surface area contributed by atoms with Gasteiger partial charge in [-0.25, -0.2) is 9.50 Å². The lowest BCUT2D eigenvalue weighted by Crippen LogP contribution is -2.13. The van der Waals surface area contributed by atoms with E-state index in [1.54, 1.807) is 13.2 Å². The molecule has 1 N–H and O–H groups in total. The SMILES string of the molecule is COCc1nc2cc(C3CC3)cc(=O)n2[nH]1. The molecule has 0 spiro atoms. The van der Waals surface area contributed by atoms with Crippen LogP contribution in [-0.4, -0.2) is 21.7 Å². The van der Waals surface area contributed by atoms with E-state index in [4.69, 9.17) is 4.74 Å². The summed E-state index contributed by atoms with van der Waals surface area (Å²) in [6.07, 6.45) is 2.37. The van der Waals surface area contributed by atoms with Crippen molar-refractivity contribution < 1.29 is 4.74 Å². The van der Waals surface area contributed by atoms with Crippen molar-refractivity contribution in [2.45, 2.75) is 25.4 Å². The predicted molar refractivity (Wildman–Crippen MR) is 58.5 cm³/mol. The molecule has 0 radical (unpaired) electrons. The third kappa shape index (κ3) is 1.53. The summed E-state index contributed by atoms with van der Waals surface area (Å²) in [6, 6.07) is 3.67. The van der Waals surface area contributed by atoms with Gasteiger partial charge in [0.05, 0.1) is 0 Å². The molecular formula is C11H13N3O2. The lowest BCUT2D eigenvalue weighted by Gasteiger charge is -1.96. The fraction of sp³-hybridized carbons (Fsp3) is 0.455. The highest BCUT2D eigenvalue weighted by atomic mass is 16.5. The Morgan fingerprint density at radius 3 is 3.06 bits per heavy atom. The van der Waals surface area contributed by atoms with Crippen LogP contribution in [0.3, 0.4) is 0 Å². The zero-order valence-corrected chi connectivity index (χ0v) is 9.06. The van der Waals surface area contributed by atoms with Crippen molar-refractivity contribution in [1.29, 1.82) is 0 Å². The Morgan fingerprint density at radius 1 is 1.56 bits per heavy atom. The van der Waals surface area contributed by atoms with Gasteiger partial charge in [0.25, 0.3) is 5.56 Å². The molecule has 0 aliphatic heterocycles. The van der Waals surface area contributed by atoms with Crippen molar-refractivity contribution in [3.8, 4) is 0 Å². The number of fused-ring (bicyclic) bond motifs is 1. The molecule has 0 atom stereocenters. The van der Waals surface area contributed by atoms with Gasteiger partial charge < -0.3 is 4.74 Å². The van der Waals surface area contributed by atoms with Gasteiger partial charge in [-0.05, 0) is 30.4 Å². The number of nitrogens with one attached hydrogen (secondary N) is 1. The molecule has 1 saturated carbocycles. The quantitative estimate of drug-likeness (QED) is 0.839. The van der Waals surface area contributed by atoms with Gasteiger partial charge in [0.1, 0.15) is 12.4 Å². The van der Waals surface area contributed by atoms with Crippen molar-refractivity contribution >= 4 is 5.65 Å². The zero-order valence-electron chi connectivity index (χ0n) is 9.06. The van der Waals surface area contributed by atoms with E-state index in [0.29, 0.717) is 24.0 Å². The molecule has 0 saturated heterocycles. The largest absolute Gasteiger partial charge is 0.377 e. The third-order valence-electron chi connectivity index (χ3n) is 2.86. The molecule has 5 heteroatoms. The lowest BCUT2D eigenvalue weighted by atomic mass is 10.2. The number of rotatable bonds is 3. The number of ether oxygens (including phenoxy) is 1. The maximum absolute atomic E-state index is 11.8. The lowest BCUT2D eigenvalue weighted by molar-refractivity contribution is 0.178. The summed E-state index contributed by atoms with van der Waals surface area (Å²) in [5.41, 5.74) is 1.75. The van der Waals surface area contributed by atoms with E-state index in [-0.39, 0.29) is 5.56 Å². The standard InChI is InChI=1S/C11H13N3O2/c1-16-6-9-12-10-4-8(7-2-3-7)5-11(15)14(10)13-9/h4-5,7H,2-3,6H2,1H3,(H,12,13). The van der Waals surface area contributed by atoms with Gasteiger partial charge in [0, 0.05) is 13.2 Å². The summed E-state index contributed by atoms with van der Waals surface area (Å²) in [5.74, 6) is 1.24. The van der Waals surface area contributed by atoms with E-state index in [0.717, 1.165) is 5.56 Å². The average molecular weight is 219 g/mol. The highest BCUT2D eigenvalue weighted by Crippen LogP contribution is 2.39. The van der Waals surface area contributed by atoms with E-state index < -0.39 is 0 Å². The number of aromatic amines is 1. The minimum absolute atomic E-state index is 0.0470. The second-order valence-electron chi connectivity index (χ2n) is 4.20. The molecule has 2 aromatic heterocycles. The first-order chi connectivity index (χ1) is 7.78. The number of hydrogen-bond donors (Lipinski definition) is 1. The number of methoxy groups -OCH3 is 1. The van der Waals surface area contributed by atoms with Gasteiger partial charge in [-0.15, -0.1) is 0 Å². The van der Waals surface area contributed by atoms with Crippen LogP contribution in [0.5, 0.6) is 0 Å².